The third-order valence-corrected chi connectivity index (χ3v) is 6.60. The van der Waals surface area contributed by atoms with Crippen LogP contribution in [0.2, 0.25) is 0 Å². The Labute approximate surface area is 199 Å². The van der Waals surface area contributed by atoms with Crippen LogP contribution in [0.5, 0.6) is 11.5 Å². The van der Waals surface area contributed by atoms with Crippen LogP contribution in [0.4, 0.5) is 0 Å². The molecule has 2 aromatic carbocycles. The van der Waals surface area contributed by atoms with Gasteiger partial charge in [0.05, 0.1) is 24.8 Å². The van der Waals surface area contributed by atoms with Crippen LogP contribution >= 0.6 is 15.9 Å². The normalized spacial score (nSPS) is 22.2. The SMILES string of the molecule is O=C1C(=O)N(CCN2CCOCC2)C(c2cccc(Br)c2)C1=C(O)c1ccc2c(c1)OCO2. The molecule has 3 heterocycles. The number of carbonyl (C=O) groups excluding carboxylic acids is 2. The minimum absolute atomic E-state index is 0.0685. The van der Waals surface area contributed by atoms with Crippen molar-refractivity contribution in [3.05, 3.63) is 63.6 Å². The first-order valence-corrected chi connectivity index (χ1v) is 11.6. The molecule has 0 aromatic heterocycles. The number of hydrogen-bond donors (Lipinski definition) is 1. The average Bonchev–Trinajstić information content (AvgIpc) is 3.40. The van der Waals surface area contributed by atoms with Gasteiger partial charge < -0.3 is 24.2 Å². The van der Waals surface area contributed by atoms with Crippen LogP contribution in [0.3, 0.4) is 0 Å². The first-order valence-electron chi connectivity index (χ1n) is 10.8. The molecule has 0 aliphatic carbocycles. The second-order valence-electron chi connectivity index (χ2n) is 8.07. The van der Waals surface area contributed by atoms with Gasteiger partial charge in [-0.05, 0) is 35.9 Å². The van der Waals surface area contributed by atoms with Crippen molar-refractivity contribution in [1.29, 1.82) is 0 Å². The lowest BCUT2D eigenvalue weighted by Gasteiger charge is -2.31. The van der Waals surface area contributed by atoms with Gasteiger partial charge in [0.1, 0.15) is 5.76 Å². The van der Waals surface area contributed by atoms with Crippen molar-refractivity contribution >= 4 is 33.4 Å². The summed E-state index contributed by atoms with van der Waals surface area (Å²) in [4.78, 5) is 30.0. The maximum absolute atomic E-state index is 13.2. The number of amides is 1. The lowest BCUT2D eigenvalue weighted by molar-refractivity contribution is -0.140. The van der Waals surface area contributed by atoms with E-state index in [-0.39, 0.29) is 18.1 Å². The summed E-state index contributed by atoms with van der Waals surface area (Å²) in [6.45, 7) is 3.94. The molecule has 1 N–H and O–H groups in total. The largest absolute Gasteiger partial charge is 0.507 e. The molecule has 5 rings (SSSR count). The van der Waals surface area contributed by atoms with Crippen molar-refractivity contribution < 1.29 is 28.9 Å². The number of carbonyl (C=O) groups is 2. The van der Waals surface area contributed by atoms with Crippen LogP contribution in [0.25, 0.3) is 5.76 Å². The number of Topliss-reactive ketones (excluding diaryl/α,β-unsaturated/α-hetero) is 1. The Balaban J connectivity index is 1.54. The number of benzene rings is 2. The second kappa shape index (κ2) is 9.17. The average molecular weight is 515 g/mol. The number of ether oxygens (including phenoxy) is 3. The van der Waals surface area contributed by atoms with E-state index >= 15 is 0 Å². The summed E-state index contributed by atoms with van der Waals surface area (Å²) in [6.07, 6.45) is 0. The first-order chi connectivity index (χ1) is 16.0. The monoisotopic (exact) mass is 514 g/mol. The van der Waals surface area contributed by atoms with Crippen molar-refractivity contribution in [1.82, 2.24) is 9.80 Å². The molecule has 0 bridgehead atoms. The molecule has 33 heavy (non-hydrogen) atoms. The molecule has 0 saturated carbocycles. The summed E-state index contributed by atoms with van der Waals surface area (Å²) in [5.74, 6) is -0.487. The summed E-state index contributed by atoms with van der Waals surface area (Å²) in [5.41, 5.74) is 1.21. The number of nitrogens with zero attached hydrogens (tertiary/aromatic N) is 2. The predicted molar refractivity (Wildman–Crippen MR) is 123 cm³/mol. The van der Waals surface area contributed by atoms with E-state index in [9.17, 15) is 14.7 Å². The lowest BCUT2D eigenvalue weighted by atomic mass is 9.95. The van der Waals surface area contributed by atoms with Crippen LogP contribution in [-0.4, -0.2) is 72.8 Å². The Kier molecular flexibility index (Phi) is 6.09. The molecule has 8 nitrogen and oxygen atoms in total. The molecule has 0 spiro atoms. The highest BCUT2D eigenvalue weighted by Gasteiger charge is 2.46. The highest BCUT2D eigenvalue weighted by atomic mass is 79.9. The molecular formula is C24H23BrN2O6. The van der Waals surface area contributed by atoms with E-state index in [0.717, 1.165) is 23.1 Å². The fourth-order valence-corrected chi connectivity index (χ4v) is 4.82. The number of aliphatic hydroxyl groups is 1. The molecule has 1 atom stereocenters. The van der Waals surface area contributed by atoms with Crippen molar-refractivity contribution in [2.45, 2.75) is 6.04 Å². The Morgan fingerprint density at radius 3 is 2.61 bits per heavy atom. The van der Waals surface area contributed by atoms with Crippen molar-refractivity contribution in [3.8, 4) is 11.5 Å². The van der Waals surface area contributed by atoms with E-state index in [0.29, 0.717) is 43.4 Å². The summed E-state index contributed by atoms with van der Waals surface area (Å²) in [5, 5.41) is 11.2. The van der Waals surface area contributed by atoms with Gasteiger partial charge in [-0.2, -0.15) is 0 Å². The maximum atomic E-state index is 13.2. The number of likely N-dealkylation sites (tertiary alicyclic amines) is 1. The van der Waals surface area contributed by atoms with Gasteiger partial charge in [0.2, 0.25) is 6.79 Å². The van der Waals surface area contributed by atoms with E-state index < -0.39 is 17.7 Å². The number of ketones is 1. The maximum Gasteiger partial charge on any atom is 0.295 e. The number of morpholine rings is 1. The van der Waals surface area contributed by atoms with Crippen molar-refractivity contribution in [2.24, 2.45) is 0 Å². The third kappa shape index (κ3) is 4.23. The molecule has 0 radical (unpaired) electrons. The number of halogens is 1. The fraction of sp³-hybridized carbons (Fsp3) is 0.333. The number of rotatable bonds is 5. The zero-order chi connectivity index (χ0) is 22.9. The van der Waals surface area contributed by atoms with Gasteiger partial charge in [0.25, 0.3) is 11.7 Å². The second-order valence-corrected chi connectivity index (χ2v) is 8.99. The first kappa shape index (κ1) is 21.9. The smallest absolute Gasteiger partial charge is 0.295 e. The molecule has 1 amide bonds. The van der Waals surface area contributed by atoms with Gasteiger partial charge in [-0.1, -0.05) is 28.1 Å². The van der Waals surface area contributed by atoms with E-state index in [2.05, 4.69) is 20.8 Å². The van der Waals surface area contributed by atoms with Gasteiger partial charge in [-0.25, -0.2) is 0 Å². The highest BCUT2D eigenvalue weighted by molar-refractivity contribution is 9.10. The van der Waals surface area contributed by atoms with E-state index in [4.69, 9.17) is 14.2 Å². The predicted octanol–water partition coefficient (Wildman–Crippen LogP) is 2.93. The van der Waals surface area contributed by atoms with Crippen LogP contribution in [-0.2, 0) is 14.3 Å². The summed E-state index contributed by atoms with van der Waals surface area (Å²) in [6, 6.07) is 11.7. The van der Waals surface area contributed by atoms with Gasteiger partial charge in [0, 0.05) is 36.2 Å². The number of fused-ring (bicyclic) bond motifs is 1. The van der Waals surface area contributed by atoms with Crippen molar-refractivity contribution in [3.63, 3.8) is 0 Å². The molecule has 172 valence electrons. The zero-order valence-electron chi connectivity index (χ0n) is 17.8. The van der Waals surface area contributed by atoms with Crippen LogP contribution < -0.4 is 9.47 Å². The van der Waals surface area contributed by atoms with Crippen molar-refractivity contribution in [2.75, 3.05) is 46.2 Å². The van der Waals surface area contributed by atoms with E-state index in [1.807, 2.05) is 24.3 Å². The molecule has 9 heteroatoms. The quantitative estimate of drug-likeness (QED) is 0.372. The molecule has 3 aliphatic heterocycles. The third-order valence-electron chi connectivity index (χ3n) is 6.11. The highest BCUT2D eigenvalue weighted by Crippen LogP contribution is 2.41. The fourth-order valence-electron chi connectivity index (χ4n) is 4.41. The molecular weight excluding hydrogens is 492 g/mol. The van der Waals surface area contributed by atoms with E-state index in [1.165, 1.54) is 0 Å². The Morgan fingerprint density at radius 1 is 1.03 bits per heavy atom. The Bertz CT molecular complexity index is 1130. The minimum Gasteiger partial charge on any atom is -0.507 e. The molecule has 1 unspecified atom stereocenters. The zero-order valence-corrected chi connectivity index (χ0v) is 19.4. The molecule has 3 aliphatic rings. The van der Waals surface area contributed by atoms with Gasteiger partial charge in [0.15, 0.2) is 11.5 Å². The molecule has 2 fully saturated rings. The number of aliphatic hydroxyl groups excluding tert-OH is 1. The topological polar surface area (TPSA) is 88.5 Å². The van der Waals surface area contributed by atoms with Gasteiger partial charge >= 0.3 is 0 Å². The van der Waals surface area contributed by atoms with Crippen LogP contribution in [0.1, 0.15) is 17.2 Å². The Hall–Kier alpha value is -2.88. The Morgan fingerprint density at radius 2 is 1.82 bits per heavy atom. The molecule has 2 aromatic rings. The van der Waals surface area contributed by atoms with Crippen LogP contribution in [0.15, 0.2) is 52.5 Å². The standard InChI is InChI=1S/C24H23BrN2O6/c25-17-3-1-2-15(12-17)21-20(22(28)16-4-5-18-19(13-16)33-14-32-18)23(29)24(30)27(21)7-6-26-8-10-31-11-9-26/h1-5,12-13,21,28H,6-11,14H2. The minimum atomic E-state index is -0.700. The summed E-state index contributed by atoms with van der Waals surface area (Å²) in [7, 11) is 0. The number of hydrogen-bond acceptors (Lipinski definition) is 7. The van der Waals surface area contributed by atoms with Gasteiger partial charge in [-0.15, -0.1) is 0 Å². The molecule has 2 saturated heterocycles. The van der Waals surface area contributed by atoms with E-state index in [1.54, 1.807) is 23.1 Å². The summed E-state index contributed by atoms with van der Waals surface area (Å²) < 4.78 is 17.0. The summed E-state index contributed by atoms with van der Waals surface area (Å²) >= 11 is 3.48. The van der Waals surface area contributed by atoms with Crippen LogP contribution in [0, 0.1) is 0 Å². The van der Waals surface area contributed by atoms with Gasteiger partial charge in [-0.3, -0.25) is 14.5 Å². The lowest BCUT2D eigenvalue weighted by Crippen LogP contribution is -2.42.